The number of nitrogens with one attached hydrogen (secondary N) is 1. The Bertz CT molecular complexity index is 503. The van der Waals surface area contributed by atoms with Crippen LogP contribution in [0.1, 0.15) is 60.0 Å². The molecule has 1 aliphatic carbocycles. The fourth-order valence-corrected chi connectivity index (χ4v) is 3.95. The topological polar surface area (TPSA) is 66.4 Å². The second kappa shape index (κ2) is 7.07. The highest BCUT2D eigenvalue weighted by molar-refractivity contribution is 7.14. The molecule has 0 spiro atoms. The molecule has 4 nitrogen and oxygen atoms in total. The van der Waals surface area contributed by atoms with E-state index in [1.165, 1.54) is 22.6 Å². The van der Waals surface area contributed by atoms with Gasteiger partial charge >= 0.3 is 5.97 Å². The van der Waals surface area contributed by atoms with E-state index >= 15 is 0 Å². The molecule has 1 amide bonds. The molecule has 0 bridgehead atoms. The van der Waals surface area contributed by atoms with Crippen LogP contribution in [0.3, 0.4) is 0 Å². The van der Waals surface area contributed by atoms with Crippen LogP contribution in [0.15, 0.2) is 12.1 Å². The summed E-state index contributed by atoms with van der Waals surface area (Å²) in [5.41, 5.74) is -0.259. The lowest BCUT2D eigenvalue weighted by molar-refractivity contribution is -0.140. The molecule has 0 unspecified atom stereocenters. The van der Waals surface area contributed by atoms with Gasteiger partial charge in [0, 0.05) is 11.4 Å². The number of aliphatic carboxylic acids is 1. The summed E-state index contributed by atoms with van der Waals surface area (Å²) in [6.45, 7) is 2.54. The van der Waals surface area contributed by atoms with Crippen molar-refractivity contribution >= 4 is 23.2 Å². The van der Waals surface area contributed by atoms with E-state index in [4.69, 9.17) is 5.11 Å². The van der Waals surface area contributed by atoms with E-state index in [1.807, 2.05) is 12.1 Å². The Morgan fingerprint density at radius 2 is 2.00 bits per heavy atom. The zero-order chi connectivity index (χ0) is 15.3. The van der Waals surface area contributed by atoms with Gasteiger partial charge in [-0.25, -0.2) is 0 Å². The number of carboxylic acids is 1. The van der Waals surface area contributed by atoms with Gasteiger partial charge in [-0.3, -0.25) is 9.59 Å². The van der Waals surface area contributed by atoms with Crippen molar-refractivity contribution in [3.05, 3.63) is 21.9 Å². The van der Waals surface area contributed by atoms with Crippen LogP contribution in [0.25, 0.3) is 0 Å². The summed E-state index contributed by atoms with van der Waals surface area (Å²) in [4.78, 5) is 25.2. The lowest BCUT2D eigenvalue weighted by Crippen LogP contribution is -2.40. The van der Waals surface area contributed by atoms with Crippen LogP contribution in [0.2, 0.25) is 0 Å². The first-order chi connectivity index (χ1) is 10.0. The maximum atomic E-state index is 12.2. The quantitative estimate of drug-likeness (QED) is 0.845. The summed E-state index contributed by atoms with van der Waals surface area (Å²) < 4.78 is 0. The minimum atomic E-state index is -0.768. The van der Waals surface area contributed by atoms with E-state index in [0.29, 0.717) is 11.4 Å². The van der Waals surface area contributed by atoms with Crippen LogP contribution >= 0.6 is 11.3 Å². The zero-order valence-electron chi connectivity index (χ0n) is 12.5. The number of carbonyl (C=O) groups is 2. The molecule has 0 aromatic carbocycles. The van der Waals surface area contributed by atoms with Crippen LogP contribution in [0.4, 0.5) is 0 Å². The van der Waals surface area contributed by atoms with Gasteiger partial charge in [0.05, 0.1) is 11.3 Å². The van der Waals surface area contributed by atoms with Crippen LogP contribution in [0.5, 0.6) is 0 Å². The predicted molar refractivity (Wildman–Crippen MR) is 83.8 cm³/mol. The second-order valence-corrected chi connectivity index (χ2v) is 7.10. The Morgan fingerprint density at radius 3 is 2.57 bits per heavy atom. The first-order valence-electron chi connectivity index (χ1n) is 7.63. The lowest BCUT2D eigenvalue weighted by atomic mass is 9.71. The van der Waals surface area contributed by atoms with Crippen LogP contribution in [-0.2, 0) is 11.2 Å². The molecule has 116 valence electrons. The molecule has 0 aliphatic heterocycles. The molecule has 1 fully saturated rings. The molecule has 0 radical (unpaired) electrons. The van der Waals surface area contributed by atoms with Gasteiger partial charge in [0.2, 0.25) is 0 Å². The standard InChI is InChI=1S/C16H23NO3S/c1-2-12-6-7-13(21-12)15(20)17-11-16(10-14(18)19)8-4-3-5-9-16/h6-7H,2-5,8-11H2,1H3,(H,17,20)(H,18,19). The van der Waals surface area contributed by atoms with E-state index < -0.39 is 5.97 Å². The minimum absolute atomic E-state index is 0.0740. The number of carboxylic acid groups (broad SMARTS) is 1. The largest absolute Gasteiger partial charge is 0.481 e. The Labute approximate surface area is 129 Å². The Balaban J connectivity index is 1.97. The molecule has 0 atom stereocenters. The van der Waals surface area contributed by atoms with Crippen molar-refractivity contribution < 1.29 is 14.7 Å². The van der Waals surface area contributed by atoms with Gasteiger partial charge in [-0.2, -0.15) is 0 Å². The van der Waals surface area contributed by atoms with Crippen molar-refractivity contribution in [2.45, 2.75) is 51.9 Å². The summed E-state index contributed by atoms with van der Waals surface area (Å²) in [7, 11) is 0. The first-order valence-corrected chi connectivity index (χ1v) is 8.45. The molecule has 1 saturated carbocycles. The van der Waals surface area contributed by atoms with E-state index in [9.17, 15) is 9.59 Å². The van der Waals surface area contributed by atoms with E-state index in [-0.39, 0.29) is 17.7 Å². The number of hydrogen-bond donors (Lipinski definition) is 2. The van der Waals surface area contributed by atoms with Gasteiger partial charge in [0.15, 0.2) is 0 Å². The Morgan fingerprint density at radius 1 is 1.29 bits per heavy atom. The third kappa shape index (κ3) is 4.30. The number of rotatable bonds is 6. The highest BCUT2D eigenvalue weighted by atomic mass is 32.1. The van der Waals surface area contributed by atoms with Crippen molar-refractivity contribution in [2.24, 2.45) is 5.41 Å². The normalized spacial score (nSPS) is 17.4. The van der Waals surface area contributed by atoms with Crippen LogP contribution < -0.4 is 5.32 Å². The zero-order valence-corrected chi connectivity index (χ0v) is 13.3. The monoisotopic (exact) mass is 309 g/mol. The average molecular weight is 309 g/mol. The third-order valence-electron chi connectivity index (χ3n) is 4.30. The van der Waals surface area contributed by atoms with Crippen molar-refractivity contribution in [3.63, 3.8) is 0 Å². The highest BCUT2D eigenvalue weighted by Crippen LogP contribution is 2.38. The molecule has 0 saturated heterocycles. The Kier molecular flexibility index (Phi) is 5.39. The van der Waals surface area contributed by atoms with E-state index in [2.05, 4.69) is 12.2 Å². The summed E-state index contributed by atoms with van der Waals surface area (Å²) in [5, 5.41) is 12.1. The minimum Gasteiger partial charge on any atom is -0.481 e. The summed E-state index contributed by atoms with van der Waals surface area (Å²) in [6.07, 6.45) is 6.15. The predicted octanol–water partition coefficient (Wildman–Crippen LogP) is 3.47. The van der Waals surface area contributed by atoms with Gasteiger partial charge in [0.25, 0.3) is 5.91 Å². The fraction of sp³-hybridized carbons (Fsp3) is 0.625. The van der Waals surface area contributed by atoms with Crippen molar-refractivity contribution in [1.82, 2.24) is 5.32 Å². The molecule has 1 aromatic rings. The van der Waals surface area contributed by atoms with Gasteiger partial charge in [-0.05, 0) is 36.8 Å². The van der Waals surface area contributed by atoms with Crippen molar-refractivity contribution in [1.29, 1.82) is 0 Å². The first kappa shape index (κ1) is 16.0. The molecule has 2 rings (SSSR count). The second-order valence-electron chi connectivity index (χ2n) is 5.93. The number of carbonyl (C=O) groups excluding carboxylic acids is 1. The molecule has 5 heteroatoms. The van der Waals surface area contributed by atoms with Gasteiger partial charge in [-0.1, -0.05) is 26.2 Å². The average Bonchev–Trinajstić information content (AvgIpc) is 2.94. The smallest absolute Gasteiger partial charge is 0.303 e. The molecular weight excluding hydrogens is 286 g/mol. The Hall–Kier alpha value is -1.36. The van der Waals surface area contributed by atoms with Crippen LogP contribution in [-0.4, -0.2) is 23.5 Å². The molecule has 21 heavy (non-hydrogen) atoms. The van der Waals surface area contributed by atoms with Crippen molar-refractivity contribution in [2.75, 3.05) is 6.54 Å². The van der Waals surface area contributed by atoms with Gasteiger partial charge in [0.1, 0.15) is 0 Å². The van der Waals surface area contributed by atoms with Gasteiger partial charge in [-0.15, -0.1) is 11.3 Å². The number of hydrogen-bond acceptors (Lipinski definition) is 3. The number of aryl methyl sites for hydroxylation is 1. The number of thiophene rings is 1. The molecule has 2 N–H and O–H groups in total. The molecule has 1 aliphatic rings. The third-order valence-corrected chi connectivity index (χ3v) is 5.53. The fourth-order valence-electron chi connectivity index (χ4n) is 3.08. The van der Waals surface area contributed by atoms with Crippen molar-refractivity contribution in [3.8, 4) is 0 Å². The maximum Gasteiger partial charge on any atom is 0.303 e. The maximum absolute atomic E-state index is 12.2. The summed E-state index contributed by atoms with van der Waals surface area (Å²) >= 11 is 1.51. The number of amides is 1. The molecule has 1 aromatic heterocycles. The SMILES string of the molecule is CCc1ccc(C(=O)NCC2(CC(=O)O)CCCCC2)s1. The van der Waals surface area contributed by atoms with E-state index in [0.717, 1.165) is 32.1 Å². The van der Waals surface area contributed by atoms with E-state index in [1.54, 1.807) is 0 Å². The lowest BCUT2D eigenvalue weighted by Gasteiger charge is -2.36. The highest BCUT2D eigenvalue weighted by Gasteiger charge is 2.34. The summed E-state index contributed by atoms with van der Waals surface area (Å²) in [6, 6.07) is 3.83. The molecular formula is C16H23NO3S. The van der Waals surface area contributed by atoms with Crippen LogP contribution in [0, 0.1) is 5.41 Å². The van der Waals surface area contributed by atoms with Gasteiger partial charge < -0.3 is 10.4 Å². The molecule has 1 heterocycles. The summed E-state index contributed by atoms with van der Waals surface area (Å²) in [5.74, 6) is -0.842.